The summed E-state index contributed by atoms with van der Waals surface area (Å²) in [5.74, 6) is -2.19. The Kier molecular flexibility index (Phi) is 6.41. The minimum absolute atomic E-state index is 0.0860. The third-order valence-electron chi connectivity index (χ3n) is 3.98. The van der Waals surface area contributed by atoms with Gasteiger partial charge in [0.15, 0.2) is 5.16 Å². The van der Waals surface area contributed by atoms with Gasteiger partial charge in [0.05, 0.1) is 29.0 Å². The van der Waals surface area contributed by atoms with Crippen molar-refractivity contribution in [3.05, 3.63) is 64.5 Å². The minimum Gasteiger partial charge on any atom is -0.465 e. The van der Waals surface area contributed by atoms with Crippen molar-refractivity contribution in [2.75, 3.05) is 12.4 Å². The smallest absolute Gasteiger partial charge is 0.316 e. The van der Waals surface area contributed by atoms with Crippen molar-refractivity contribution in [1.82, 2.24) is 9.55 Å². The Morgan fingerprint density at radius 2 is 2.00 bits per heavy atom. The molecule has 0 aliphatic heterocycles. The molecule has 8 heteroatoms. The van der Waals surface area contributed by atoms with E-state index in [1.807, 2.05) is 6.92 Å². The lowest BCUT2D eigenvalue weighted by molar-refractivity contribution is -0.140. The topological polar surface area (TPSA) is 61.2 Å². The first kappa shape index (κ1) is 20.0. The molecule has 0 unspecified atom stereocenters. The summed E-state index contributed by atoms with van der Waals surface area (Å²) < 4.78 is 33.8. The Balaban J connectivity index is 2.02. The molecule has 28 heavy (non-hydrogen) atoms. The van der Waals surface area contributed by atoms with Crippen molar-refractivity contribution in [2.45, 2.75) is 24.9 Å². The molecule has 0 atom stereocenters. The molecule has 0 amide bonds. The normalized spacial score (nSPS) is 11.0. The summed E-state index contributed by atoms with van der Waals surface area (Å²) in [4.78, 5) is 29.3. The van der Waals surface area contributed by atoms with Crippen LogP contribution < -0.4 is 5.56 Å². The number of rotatable bonds is 7. The second-order valence-corrected chi connectivity index (χ2v) is 6.95. The van der Waals surface area contributed by atoms with Gasteiger partial charge in [-0.05, 0) is 30.7 Å². The minimum atomic E-state index is -0.897. The molecule has 2 aromatic carbocycles. The summed E-state index contributed by atoms with van der Waals surface area (Å²) in [5.41, 5.74) is -0.211. The highest BCUT2D eigenvalue weighted by atomic mass is 32.2. The van der Waals surface area contributed by atoms with Crippen LogP contribution in [0.4, 0.5) is 8.78 Å². The monoisotopic (exact) mass is 404 g/mol. The molecule has 0 aliphatic carbocycles. The number of carbonyl (C=O) groups is 1. The van der Waals surface area contributed by atoms with Crippen molar-refractivity contribution in [1.29, 1.82) is 0 Å². The molecule has 0 spiro atoms. The molecule has 0 saturated heterocycles. The van der Waals surface area contributed by atoms with Gasteiger partial charge in [0.1, 0.15) is 11.6 Å². The number of esters is 1. The lowest BCUT2D eigenvalue weighted by Crippen LogP contribution is -2.23. The number of thioether (sulfide) groups is 1. The molecule has 1 heterocycles. The molecule has 0 bridgehead atoms. The number of halogens is 2. The average Bonchev–Trinajstić information content (AvgIpc) is 2.68. The summed E-state index contributed by atoms with van der Waals surface area (Å²) in [6, 6.07) is 9.57. The molecule has 1 aromatic heterocycles. The standard InChI is InChI=1S/C20H18F2N2O3S/c1-2-3-10-27-18(25)12-28-20-23-16-7-5-4-6-14(16)19(26)24(20)17-9-8-13(21)11-15(17)22/h4-9,11H,2-3,10,12H2,1H3. The van der Waals surface area contributed by atoms with Crippen molar-refractivity contribution in [3.8, 4) is 5.69 Å². The summed E-state index contributed by atoms with van der Waals surface area (Å²) in [5, 5.41) is 0.419. The third kappa shape index (κ3) is 4.39. The predicted octanol–water partition coefficient (Wildman–Crippen LogP) is 4.10. The quantitative estimate of drug-likeness (QED) is 0.257. The molecule has 0 aliphatic rings. The van der Waals surface area contributed by atoms with E-state index in [4.69, 9.17) is 4.74 Å². The van der Waals surface area contributed by atoms with Gasteiger partial charge < -0.3 is 4.74 Å². The van der Waals surface area contributed by atoms with E-state index in [9.17, 15) is 18.4 Å². The predicted molar refractivity (Wildman–Crippen MR) is 104 cm³/mol. The fourth-order valence-electron chi connectivity index (χ4n) is 2.58. The molecule has 146 valence electrons. The maximum Gasteiger partial charge on any atom is 0.316 e. The number of ether oxygens (including phenoxy) is 1. The van der Waals surface area contributed by atoms with Gasteiger partial charge in [-0.1, -0.05) is 37.2 Å². The van der Waals surface area contributed by atoms with E-state index in [2.05, 4.69) is 4.98 Å². The molecule has 3 aromatic rings. The zero-order chi connectivity index (χ0) is 20.1. The first-order chi connectivity index (χ1) is 13.5. The van der Waals surface area contributed by atoms with Crippen molar-refractivity contribution < 1.29 is 18.3 Å². The molecule has 0 saturated carbocycles. The lowest BCUT2D eigenvalue weighted by Gasteiger charge is -2.13. The van der Waals surface area contributed by atoms with Crippen LogP contribution in [0.2, 0.25) is 0 Å². The van der Waals surface area contributed by atoms with E-state index < -0.39 is 23.2 Å². The van der Waals surface area contributed by atoms with E-state index in [1.54, 1.807) is 24.3 Å². The van der Waals surface area contributed by atoms with Crippen LogP contribution in [0.5, 0.6) is 0 Å². The fourth-order valence-corrected chi connectivity index (χ4v) is 3.38. The van der Waals surface area contributed by atoms with Crippen LogP contribution in [0.15, 0.2) is 52.4 Å². The number of para-hydroxylation sites is 1. The number of hydrogen-bond acceptors (Lipinski definition) is 5. The first-order valence-corrected chi connectivity index (χ1v) is 9.75. The van der Waals surface area contributed by atoms with Gasteiger partial charge in [0, 0.05) is 6.07 Å². The van der Waals surface area contributed by atoms with Gasteiger partial charge in [0.25, 0.3) is 5.56 Å². The van der Waals surface area contributed by atoms with Crippen LogP contribution >= 0.6 is 11.8 Å². The van der Waals surface area contributed by atoms with Crippen LogP contribution in [-0.2, 0) is 9.53 Å². The van der Waals surface area contributed by atoms with Gasteiger partial charge in [0.2, 0.25) is 0 Å². The highest BCUT2D eigenvalue weighted by molar-refractivity contribution is 7.99. The van der Waals surface area contributed by atoms with Crippen LogP contribution in [0.25, 0.3) is 16.6 Å². The molecule has 0 radical (unpaired) electrons. The average molecular weight is 404 g/mol. The molecular formula is C20H18F2N2O3S. The number of benzene rings is 2. The van der Waals surface area contributed by atoms with Gasteiger partial charge in [-0.2, -0.15) is 0 Å². The van der Waals surface area contributed by atoms with Crippen molar-refractivity contribution in [2.24, 2.45) is 0 Å². The highest BCUT2D eigenvalue weighted by Crippen LogP contribution is 2.23. The number of fused-ring (bicyclic) bond motifs is 1. The van der Waals surface area contributed by atoms with Crippen molar-refractivity contribution >= 4 is 28.6 Å². The maximum absolute atomic E-state index is 14.4. The van der Waals surface area contributed by atoms with Crippen LogP contribution in [0.3, 0.4) is 0 Å². The summed E-state index contributed by atoms with van der Waals surface area (Å²) in [6.45, 7) is 2.30. The molecule has 3 rings (SSSR count). The summed E-state index contributed by atoms with van der Waals surface area (Å²) in [7, 11) is 0. The Labute approximate surface area is 164 Å². The summed E-state index contributed by atoms with van der Waals surface area (Å²) >= 11 is 0.967. The van der Waals surface area contributed by atoms with Crippen molar-refractivity contribution in [3.63, 3.8) is 0 Å². The number of carbonyl (C=O) groups excluding carboxylic acids is 1. The zero-order valence-electron chi connectivity index (χ0n) is 15.2. The fraction of sp³-hybridized carbons (Fsp3) is 0.250. The number of nitrogens with zero attached hydrogens (tertiary/aromatic N) is 2. The maximum atomic E-state index is 14.4. The van der Waals surface area contributed by atoms with Crippen LogP contribution in [0, 0.1) is 11.6 Å². The van der Waals surface area contributed by atoms with E-state index in [1.165, 1.54) is 6.07 Å². The van der Waals surface area contributed by atoms with Gasteiger partial charge in [-0.15, -0.1) is 0 Å². The second-order valence-electron chi connectivity index (χ2n) is 6.01. The molecule has 5 nitrogen and oxygen atoms in total. The Hall–Kier alpha value is -2.74. The largest absolute Gasteiger partial charge is 0.465 e. The van der Waals surface area contributed by atoms with Gasteiger partial charge in [-0.3, -0.25) is 14.2 Å². The molecule has 0 N–H and O–H groups in total. The van der Waals surface area contributed by atoms with Crippen LogP contribution in [0.1, 0.15) is 19.8 Å². The lowest BCUT2D eigenvalue weighted by atomic mass is 10.2. The number of hydrogen-bond donors (Lipinski definition) is 0. The Bertz CT molecular complexity index is 1070. The summed E-state index contributed by atoms with van der Waals surface area (Å²) in [6.07, 6.45) is 1.66. The third-order valence-corrected chi connectivity index (χ3v) is 4.89. The van der Waals surface area contributed by atoms with E-state index in [0.29, 0.717) is 23.6 Å². The van der Waals surface area contributed by atoms with E-state index >= 15 is 0 Å². The second kappa shape index (κ2) is 8.97. The van der Waals surface area contributed by atoms with Gasteiger partial charge >= 0.3 is 5.97 Å². The van der Waals surface area contributed by atoms with E-state index in [-0.39, 0.29) is 16.6 Å². The Morgan fingerprint density at radius 3 is 2.75 bits per heavy atom. The van der Waals surface area contributed by atoms with E-state index in [0.717, 1.165) is 35.2 Å². The number of aromatic nitrogens is 2. The number of unbranched alkanes of at least 4 members (excludes halogenated alkanes) is 1. The Morgan fingerprint density at radius 1 is 1.21 bits per heavy atom. The van der Waals surface area contributed by atoms with Gasteiger partial charge in [-0.25, -0.2) is 13.8 Å². The molecular weight excluding hydrogens is 386 g/mol. The SMILES string of the molecule is CCCCOC(=O)CSc1nc2ccccc2c(=O)n1-c1ccc(F)cc1F. The van der Waals surface area contributed by atoms with Crippen LogP contribution in [-0.4, -0.2) is 27.9 Å². The first-order valence-electron chi connectivity index (χ1n) is 8.77. The zero-order valence-corrected chi connectivity index (χ0v) is 16.0. The molecule has 0 fully saturated rings. The highest BCUT2D eigenvalue weighted by Gasteiger charge is 2.18.